The second-order valence-electron chi connectivity index (χ2n) is 8.42. The van der Waals surface area contributed by atoms with Crippen LogP contribution in [0.15, 0.2) is 59.1 Å². The van der Waals surface area contributed by atoms with Crippen molar-refractivity contribution in [3.8, 4) is 5.75 Å². The van der Waals surface area contributed by atoms with Gasteiger partial charge < -0.3 is 14.6 Å². The van der Waals surface area contributed by atoms with E-state index >= 15 is 0 Å². The van der Waals surface area contributed by atoms with E-state index < -0.39 is 12.6 Å². The Balaban J connectivity index is 1.99. The largest absolute Gasteiger partial charge is 0.480 e. The van der Waals surface area contributed by atoms with Gasteiger partial charge in [0.1, 0.15) is 11.6 Å². The Morgan fingerprint density at radius 1 is 1.28 bits per heavy atom. The van der Waals surface area contributed by atoms with Crippen LogP contribution in [0.3, 0.4) is 0 Å². The standard InChI is InChI=1S/C26H30BrFO4/c1-4-5-9-23-21(17-10-12-18(28)13-11-17)14-20(16(2)3)25(32-23)19-7-6-8-22(27)26(19)31-15-24(29)30/h6-8,10-13,20-21,23,25H,2,4-5,9,14-15H2,1,3H3,(H,29,30)/t20-,21-,23+,25-/m1/s1. The van der Waals surface area contributed by atoms with Crippen molar-refractivity contribution >= 4 is 21.9 Å². The van der Waals surface area contributed by atoms with E-state index in [2.05, 4.69) is 29.4 Å². The first-order chi connectivity index (χ1) is 15.3. The van der Waals surface area contributed by atoms with Gasteiger partial charge in [-0.15, -0.1) is 0 Å². The summed E-state index contributed by atoms with van der Waals surface area (Å²) in [4.78, 5) is 11.1. The maximum absolute atomic E-state index is 13.5. The quantitative estimate of drug-likeness (QED) is 0.371. The van der Waals surface area contributed by atoms with Gasteiger partial charge in [0.2, 0.25) is 0 Å². The molecule has 0 aromatic heterocycles. The number of rotatable bonds is 9. The molecule has 6 heteroatoms. The van der Waals surface area contributed by atoms with E-state index in [4.69, 9.17) is 14.6 Å². The number of carboxylic acid groups (broad SMARTS) is 1. The molecule has 1 saturated heterocycles. The van der Waals surface area contributed by atoms with Crippen molar-refractivity contribution in [2.45, 2.75) is 57.7 Å². The van der Waals surface area contributed by atoms with Crippen molar-refractivity contribution in [2.75, 3.05) is 6.61 Å². The number of para-hydroxylation sites is 1. The van der Waals surface area contributed by atoms with Gasteiger partial charge in [0.15, 0.2) is 6.61 Å². The average Bonchev–Trinajstić information content (AvgIpc) is 2.76. The summed E-state index contributed by atoms with van der Waals surface area (Å²) in [5.41, 5.74) is 2.86. The van der Waals surface area contributed by atoms with E-state index in [9.17, 15) is 9.18 Å². The summed E-state index contributed by atoms with van der Waals surface area (Å²) in [5, 5.41) is 9.11. The summed E-state index contributed by atoms with van der Waals surface area (Å²) in [6, 6.07) is 12.4. The van der Waals surface area contributed by atoms with Gasteiger partial charge in [0.25, 0.3) is 0 Å². The first-order valence-corrected chi connectivity index (χ1v) is 11.8. The molecule has 0 radical (unpaired) electrons. The molecule has 1 aliphatic heterocycles. The number of unbranched alkanes of at least 4 members (excludes halogenated alkanes) is 1. The van der Waals surface area contributed by atoms with Crippen molar-refractivity contribution in [3.63, 3.8) is 0 Å². The molecule has 0 aliphatic carbocycles. The summed E-state index contributed by atoms with van der Waals surface area (Å²) in [7, 11) is 0. The average molecular weight is 505 g/mol. The van der Waals surface area contributed by atoms with Crippen molar-refractivity contribution in [2.24, 2.45) is 5.92 Å². The van der Waals surface area contributed by atoms with Gasteiger partial charge in [-0.3, -0.25) is 0 Å². The third-order valence-corrected chi connectivity index (χ3v) is 6.69. The Morgan fingerprint density at radius 3 is 2.62 bits per heavy atom. The van der Waals surface area contributed by atoms with E-state index in [1.54, 1.807) is 0 Å². The number of hydrogen-bond acceptors (Lipinski definition) is 3. The van der Waals surface area contributed by atoms with Gasteiger partial charge in [-0.25, -0.2) is 9.18 Å². The minimum atomic E-state index is -1.04. The molecule has 1 aliphatic rings. The van der Waals surface area contributed by atoms with Crippen molar-refractivity contribution in [1.29, 1.82) is 0 Å². The highest BCUT2D eigenvalue weighted by Crippen LogP contribution is 2.50. The Hall–Kier alpha value is -2.18. The van der Waals surface area contributed by atoms with Crippen LogP contribution in [-0.2, 0) is 9.53 Å². The second-order valence-corrected chi connectivity index (χ2v) is 9.28. The fourth-order valence-electron chi connectivity index (χ4n) is 4.45. The Bertz CT molecular complexity index is 943. The van der Waals surface area contributed by atoms with E-state index in [0.29, 0.717) is 10.2 Å². The molecular weight excluding hydrogens is 475 g/mol. The lowest BCUT2D eigenvalue weighted by Crippen LogP contribution is -2.36. The predicted octanol–water partition coefficient (Wildman–Crippen LogP) is 7.05. The molecule has 172 valence electrons. The minimum Gasteiger partial charge on any atom is -0.480 e. The number of benzene rings is 2. The molecule has 3 rings (SSSR count). The van der Waals surface area contributed by atoms with Gasteiger partial charge in [-0.05, 0) is 59.5 Å². The summed E-state index contributed by atoms with van der Waals surface area (Å²) < 4.78 is 26.6. The molecular formula is C26H30BrFO4. The maximum atomic E-state index is 13.5. The molecule has 4 nitrogen and oxygen atoms in total. The lowest BCUT2D eigenvalue weighted by atomic mass is 9.74. The first-order valence-electron chi connectivity index (χ1n) is 11.0. The Morgan fingerprint density at radius 2 is 2.00 bits per heavy atom. The van der Waals surface area contributed by atoms with Crippen LogP contribution in [0.5, 0.6) is 5.75 Å². The summed E-state index contributed by atoms with van der Waals surface area (Å²) in [5.74, 6) is -0.676. The monoisotopic (exact) mass is 504 g/mol. The molecule has 1 fully saturated rings. The molecule has 1 heterocycles. The van der Waals surface area contributed by atoms with Crippen LogP contribution < -0.4 is 4.74 Å². The molecule has 2 aromatic rings. The highest BCUT2D eigenvalue weighted by molar-refractivity contribution is 9.10. The predicted molar refractivity (Wildman–Crippen MR) is 126 cm³/mol. The smallest absolute Gasteiger partial charge is 0.341 e. The Kier molecular flexibility index (Phi) is 8.49. The van der Waals surface area contributed by atoms with Crippen molar-refractivity contribution in [1.82, 2.24) is 0 Å². The fourth-order valence-corrected chi connectivity index (χ4v) is 4.94. The van der Waals surface area contributed by atoms with Crippen LogP contribution in [0.2, 0.25) is 0 Å². The fraction of sp³-hybridized carbons (Fsp3) is 0.423. The highest BCUT2D eigenvalue weighted by Gasteiger charge is 2.40. The number of carbonyl (C=O) groups is 1. The van der Waals surface area contributed by atoms with Crippen LogP contribution in [0.1, 0.15) is 62.7 Å². The zero-order valence-corrected chi connectivity index (χ0v) is 20.1. The number of halogens is 2. The normalized spacial score (nSPS) is 23.0. The number of carboxylic acids is 1. The molecule has 2 aromatic carbocycles. The molecule has 32 heavy (non-hydrogen) atoms. The maximum Gasteiger partial charge on any atom is 0.341 e. The van der Waals surface area contributed by atoms with Crippen LogP contribution in [0.25, 0.3) is 0 Å². The number of ether oxygens (including phenoxy) is 2. The SMILES string of the molecule is C=C(C)[C@H]1C[C@H](c2ccc(F)cc2)[C@H](CCCC)O[C@@H]1c1cccc(Br)c1OCC(=O)O. The zero-order valence-electron chi connectivity index (χ0n) is 18.5. The van der Waals surface area contributed by atoms with Crippen LogP contribution in [0, 0.1) is 11.7 Å². The second kappa shape index (κ2) is 11.1. The van der Waals surface area contributed by atoms with Crippen molar-refractivity contribution in [3.05, 3.63) is 76.0 Å². The molecule has 4 atom stereocenters. The molecule has 0 amide bonds. The van der Waals surface area contributed by atoms with Gasteiger partial charge in [-0.1, -0.05) is 56.2 Å². The van der Waals surface area contributed by atoms with Crippen LogP contribution in [0.4, 0.5) is 4.39 Å². The molecule has 1 N–H and O–H groups in total. The summed E-state index contributed by atoms with van der Waals surface area (Å²) in [6.45, 7) is 7.93. The summed E-state index contributed by atoms with van der Waals surface area (Å²) >= 11 is 3.50. The minimum absolute atomic E-state index is 0.00408. The van der Waals surface area contributed by atoms with Gasteiger partial charge in [-0.2, -0.15) is 0 Å². The lowest BCUT2D eigenvalue weighted by Gasteiger charge is -2.43. The van der Waals surface area contributed by atoms with E-state index in [1.165, 1.54) is 12.1 Å². The third-order valence-electron chi connectivity index (χ3n) is 6.06. The number of aliphatic carboxylic acids is 1. The van der Waals surface area contributed by atoms with Crippen LogP contribution >= 0.6 is 15.9 Å². The van der Waals surface area contributed by atoms with Crippen LogP contribution in [-0.4, -0.2) is 23.8 Å². The van der Waals surface area contributed by atoms with Crippen molar-refractivity contribution < 1.29 is 23.8 Å². The molecule has 0 unspecified atom stereocenters. The molecule has 0 spiro atoms. The van der Waals surface area contributed by atoms with Gasteiger partial charge in [0.05, 0.1) is 16.7 Å². The number of hydrogen-bond donors (Lipinski definition) is 1. The summed E-state index contributed by atoms with van der Waals surface area (Å²) in [6.07, 6.45) is 3.41. The highest BCUT2D eigenvalue weighted by atomic mass is 79.9. The molecule has 0 bridgehead atoms. The lowest BCUT2D eigenvalue weighted by molar-refractivity contribution is -0.139. The topological polar surface area (TPSA) is 55.8 Å². The van der Waals surface area contributed by atoms with E-state index in [-0.39, 0.29) is 29.9 Å². The van der Waals surface area contributed by atoms with E-state index in [1.807, 2.05) is 37.3 Å². The molecule has 0 saturated carbocycles. The van der Waals surface area contributed by atoms with Gasteiger partial charge in [0, 0.05) is 17.4 Å². The Labute approximate surface area is 197 Å². The third kappa shape index (κ3) is 5.78. The van der Waals surface area contributed by atoms with E-state index in [0.717, 1.165) is 42.4 Å². The van der Waals surface area contributed by atoms with Gasteiger partial charge >= 0.3 is 5.97 Å². The first kappa shape index (κ1) is 24.5. The zero-order chi connectivity index (χ0) is 23.3.